The number of carbonyl (C=O) groups excluding carboxylic acids is 1. The summed E-state index contributed by atoms with van der Waals surface area (Å²) in [5.41, 5.74) is 7.00. The summed E-state index contributed by atoms with van der Waals surface area (Å²) in [4.78, 5) is 33.3. The molecule has 3 rings (SSSR count). The predicted molar refractivity (Wildman–Crippen MR) is 139 cm³/mol. The first-order valence-electron chi connectivity index (χ1n) is 10.5. The third-order valence-electron chi connectivity index (χ3n) is 4.65. The van der Waals surface area contributed by atoms with E-state index in [4.69, 9.17) is 0 Å². The maximum atomic E-state index is 12.2. The van der Waals surface area contributed by atoms with Crippen LogP contribution in [0.2, 0.25) is 0 Å². The molecule has 0 radical (unpaired) electrons. The van der Waals surface area contributed by atoms with Crippen molar-refractivity contribution >= 4 is 47.6 Å². The second-order valence-electron chi connectivity index (χ2n) is 7.04. The minimum Gasteiger partial charge on any atom is -0.279 e. The number of rotatable bonds is 10. The average molecular weight is 484 g/mol. The van der Waals surface area contributed by atoms with E-state index in [0.29, 0.717) is 22.4 Å². The van der Waals surface area contributed by atoms with Crippen molar-refractivity contribution in [1.29, 1.82) is 0 Å². The van der Waals surface area contributed by atoms with Crippen molar-refractivity contribution in [3.63, 3.8) is 0 Å². The molecule has 0 aromatic heterocycles. The minimum atomic E-state index is -0.474. The van der Waals surface area contributed by atoms with Crippen LogP contribution in [0.3, 0.4) is 0 Å². The number of nitrogens with zero attached hydrogens (tertiary/aromatic N) is 4. The third kappa shape index (κ3) is 7.28. The molecule has 2 N–H and O–H groups in total. The number of hydrazone groups is 2. The number of carbonyl (C=O) groups is 1. The van der Waals surface area contributed by atoms with E-state index in [-0.39, 0.29) is 11.4 Å². The molecule has 0 spiro atoms. The minimum absolute atomic E-state index is 0.00417. The maximum Gasteiger partial charge on any atom is 0.276 e. The quantitative estimate of drug-likeness (QED) is 0.233. The van der Waals surface area contributed by atoms with Crippen molar-refractivity contribution in [3.8, 4) is 0 Å². The molecule has 36 heavy (non-hydrogen) atoms. The highest BCUT2D eigenvalue weighted by Gasteiger charge is 2.09. The molecule has 3 aromatic carbocycles. The van der Waals surface area contributed by atoms with Gasteiger partial charge in [-0.05, 0) is 60.7 Å². The second-order valence-corrected chi connectivity index (χ2v) is 7.04. The molecular formula is C25H20N6O5. The van der Waals surface area contributed by atoms with Gasteiger partial charge in [-0.3, -0.25) is 30.4 Å². The van der Waals surface area contributed by atoms with Crippen molar-refractivity contribution in [1.82, 2.24) is 5.43 Å². The van der Waals surface area contributed by atoms with Gasteiger partial charge in [-0.2, -0.15) is 10.2 Å². The molecule has 11 nitrogen and oxygen atoms in total. The summed E-state index contributed by atoms with van der Waals surface area (Å²) in [5.74, 6) is -0.437. The lowest BCUT2D eigenvalue weighted by Gasteiger charge is -2.02. The summed E-state index contributed by atoms with van der Waals surface area (Å²) >= 11 is 0. The fourth-order valence-corrected chi connectivity index (χ4v) is 2.94. The molecule has 1 amide bonds. The number of allylic oxidation sites excluding steroid dienone is 2. The van der Waals surface area contributed by atoms with Crippen molar-refractivity contribution in [2.45, 2.75) is 0 Å². The second kappa shape index (κ2) is 12.7. The van der Waals surface area contributed by atoms with Gasteiger partial charge in [0.1, 0.15) is 0 Å². The van der Waals surface area contributed by atoms with Gasteiger partial charge in [0, 0.05) is 30.1 Å². The largest absolute Gasteiger partial charge is 0.279 e. The summed E-state index contributed by atoms with van der Waals surface area (Å²) in [7, 11) is 0. The molecular weight excluding hydrogens is 464 g/mol. The van der Waals surface area contributed by atoms with E-state index >= 15 is 0 Å². The summed E-state index contributed by atoms with van der Waals surface area (Å²) in [6.07, 6.45) is 8.91. The normalized spacial score (nSPS) is 11.4. The first kappa shape index (κ1) is 25.2. The average Bonchev–Trinajstić information content (AvgIpc) is 2.89. The number of hydrogen-bond donors (Lipinski definition) is 2. The van der Waals surface area contributed by atoms with Gasteiger partial charge in [0.05, 0.1) is 26.7 Å². The zero-order chi connectivity index (χ0) is 25.8. The van der Waals surface area contributed by atoms with E-state index < -0.39 is 15.8 Å². The number of hydrogen-bond acceptors (Lipinski definition) is 8. The van der Waals surface area contributed by atoms with Gasteiger partial charge in [-0.1, -0.05) is 24.3 Å². The Labute approximate surface area is 205 Å². The number of amides is 1. The Morgan fingerprint density at radius 3 is 1.75 bits per heavy atom. The Morgan fingerprint density at radius 1 is 0.722 bits per heavy atom. The van der Waals surface area contributed by atoms with Gasteiger partial charge in [0.25, 0.3) is 17.3 Å². The Bertz CT molecular complexity index is 1360. The molecule has 0 atom stereocenters. The molecule has 0 fully saturated rings. The van der Waals surface area contributed by atoms with Gasteiger partial charge >= 0.3 is 0 Å². The number of benzene rings is 3. The van der Waals surface area contributed by atoms with E-state index in [9.17, 15) is 25.0 Å². The molecule has 0 unspecified atom stereocenters. The van der Waals surface area contributed by atoms with Crippen LogP contribution in [0.25, 0.3) is 12.2 Å². The van der Waals surface area contributed by atoms with Gasteiger partial charge in [0.15, 0.2) is 0 Å². The van der Waals surface area contributed by atoms with Crippen LogP contribution in [0.15, 0.2) is 95.2 Å². The predicted octanol–water partition coefficient (Wildman–Crippen LogP) is 5.04. The van der Waals surface area contributed by atoms with E-state index in [0.717, 1.165) is 0 Å². The molecule has 0 heterocycles. The standard InChI is InChI=1S/C25H20N6O5/c32-25(29-27-18-6-10-20-8-2-4-12-24(20)31(35)36)21-13-15-22(16-14-21)28-26-17-5-9-19-7-1-3-11-23(19)30(33)34/h1-18,28H,(H,29,32)/b9-5+,10-6+,26-17-,27-18-. The highest BCUT2D eigenvalue weighted by molar-refractivity contribution is 5.95. The molecule has 0 aliphatic heterocycles. The van der Waals surface area contributed by atoms with Crippen LogP contribution in [0.4, 0.5) is 17.1 Å². The Balaban J connectivity index is 1.49. The first-order valence-corrected chi connectivity index (χ1v) is 10.5. The lowest BCUT2D eigenvalue weighted by Crippen LogP contribution is -2.17. The smallest absolute Gasteiger partial charge is 0.276 e. The number of nitrogens with one attached hydrogen (secondary N) is 2. The van der Waals surface area contributed by atoms with E-state index in [1.807, 2.05) is 0 Å². The van der Waals surface area contributed by atoms with Crippen molar-refractivity contribution < 1.29 is 14.6 Å². The Hall–Kier alpha value is -5.45. The molecule has 180 valence electrons. The van der Waals surface area contributed by atoms with Crippen LogP contribution in [-0.2, 0) is 0 Å². The number of nitro groups is 2. The van der Waals surface area contributed by atoms with E-state index in [1.54, 1.807) is 72.8 Å². The first-order chi connectivity index (χ1) is 17.5. The molecule has 0 saturated carbocycles. The zero-order valence-electron chi connectivity index (χ0n) is 18.7. The molecule has 0 aliphatic carbocycles. The molecule has 11 heteroatoms. The van der Waals surface area contributed by atoms with Crippen LogP contribution in [0, 0.1) is 20.2 Å². The SMILES string of the molecule is O=C(N/N=C\C=C\c1ccccc1[N+](=O)[O-])c1ccc(N/N=C\C=C\c2ccccc2[N+](=O)[O-])cc1. The molecule has 3 aromatic rings. The van der Waals surface area contributed by atoms with Gasteiger partial charge in [-0.25, -0.2) is 5.43 Å². The highest BCUT2D eigenvalue weighted by atomic mass is 16.6. The fourth-order valence-electron chi connectivity index (χ4n) is 2.94. The number of para-hydroxylation sites is 2. The molecule has 0 bridgehead atoms. The summed E-state index contributed by atoms with van der Waals surface area (Å²) in [6.45, 7) is 0. The summed E-state index contributed by atoms with van der Waals surface area (Å²) < 4.78 is 0. The van der Waals surface area contributed by atoms with E-state index in [1.165, 1.54) is 36.7 Å². The van der Waals surface area contributed by atoms with Crippen LogP contribution in [-0.4, -0.2) is 28.2 Å². The molecule has 0 saturated heterocycles. The van der Waals surface area contributed by atoms with Crippen LogP contribution < -0.4 is 10.9 Å². The highest BCUT2D eigenvalue weighted by Crippen LogP contribution is 2.19. The van der Waals surface area contributed by atoms with Crippen LogP contribution >= 0.6 is 0 Å². The third-order valence-corrected chi connectivity index (χ3v) is 4.65. The summed E-state index contributed by atoms with van der Waals surface area (Å²) in [6, 6.07) is 19.1. The van der Waals surface area contributed by atoms with Crippen molar-refractivity contribution in [2.24, 2.45) is 10.2 Å². The van der Waals surface area contributed by atoms with Crippen LogP contribution in [0.5, 0.6) is 0 Å². The lowest BCUT2D eigenvalue weighted by atomic mass is 10.1. The van der Waals surface area contributed by atoms with E-state index in [2.05, 4.69) is 21.1 Å². The topological polar surface area (TPSA) is 152 Å². The van der Waals surface area contributed by atoms with Crippen molar-refractivity contribution in [2.75, 3.05) is 5.43 Å². The van der Waals surface area contributed by atoms with Crippen molar-refractivity contribution in [3.05, 3.63) is 122 Å². The van der Waals surface area contributed by atoms with Gasteiger partial charge in [0.2, 0.25) is 0 Å². The molecule has 0 aliphatic rings. The lowest BCUT2D eigenvalue weighted by molar-refractivity contribution is -0.385. The zero-order valence-corrected chi connectivity index (χ0v) is 18.7. The summed E-state index contributed by atoms with van der Waals surface area (Å²) in [5, 5.41) is 29.8. The monoisotopic (exact) mass is 484 g/mol. The fraction of sp³-hybridized carbons (Fsp3) is 0. The van der Waals surface area contributed by atoms with Gasteiger partial charge in [-0.15, -0.1) is 0 Å². The Morgan fingerprint density at radius 2 is 1.22 bits per heavy atom. The number of anilines is 1. The Kier molecular flexibility index (Phi) is 8.88. The van der Waals surface area contributed by atoms with Crippen LogP contribution in [0.1, 0.15) is 21.5 Å². The van der Waals surface area contributed by atoms with Gasteiger partial charge < -0.3 is 0 Å². The maximum absolute atomic E-state index is 12.2. The number of nitro benzene ring substituents is 2.